The minimum absolute atomic E-state index is 0.608. The van der Waals surface area contributed by atoms with Gasteiger partial charge in [0.2, 0.25) is 0 Å². The zero-order valence-electron chi connectivity index (χ0n) is 11.6. The first-order chi connectivity index (χ1) is 8.97. The number of anilines is 2. The minimum atomic E-state index is 0.608. The van der Waals surface area contributed by atoms with Gasteiger partial charge in [-0.1, -0.05) is 41.4 Å². The maximum atomic E-state index is 6.11. The number of hydrogen-bond donors (Lipinski definition) is 1. The Labute approximate surface area is 119 Å². The SMILES string of the molecule is Cc1cccc(CN(C)c2cc(Cl)c(N)cc2C)c1. The first-order valence-corrected chi connectivity index (χ1v) is 6.67. The molecule has 100 valence electrons. The molecular weight excluding hydrogens is 256 g/mol. The fourth-order valence-electron chi connectivity index (χ4n) is 2.27. The average Bonchev–Trinajstić information content (AvgIpc) is 2.33. The van der Waals surface area contributed by atoms with Gasteiger partial charge < -0.3 is 10.6 Å². The smallest absolute Gasteiger partial charge is 0.0656 e. The first kappa shape index (κ1) is 13.8. The van der Waals surface area contributed by atoms with Gasteiger partial charge in [-0.25, -0.2) is 0 Å². The quantitative estimate of drug-likeness (QED) is 0.851. The first-order valence-electron chi connectivity index (χ1n) is 6.29. The van der Waals surface area contributed by atoms with Crippen LogP contribution in [0.3, 0.4) is 0 Å². The molecule has 2 rings (SSSR count). The summed E-state index contributed by atoms with van der Waals surface area (Å²) in [4.78, 5) is 2.19. The van der Waals surface area contributed by atoms with Crippen molar-refractivity contribution in [3.05, 3.63) is 58.1 Å². The Morgan fingerprint density at radius 1 is 1.16 bits per heavy atom. The molecule has 19 heavy (non-hydrogen) atoms. The molecule has 0 fully saturated rings. The molecule has 0 aliphatic rings. The maximum absolute atomic E-state index is 6.11. The molecule has 0 aliphatic carbocycles. The Kier molecular flexibility index (Phi) is 4.01. The van der Waals surface area contributed by atoms with E-state index in [2.05, 4.69) is 50.1 Å². The molecule has 0 atom stereocenters. The summed E-state index contributed by atoms with van der Waals surface area (Å²) in [5.74, 6) is 0. The van der Waals surface area contributed by atoms with E-state index in [1.807, 2.05) is 12.1 Å². The lowest BCUT2D eigenvalue weighted by Gasteiger charge is -2.22. The average molecular weight is 275 g/mol. The number of nitrogen functional groups attached to an aromatic ring is 1. The molecule has 0 saturated carbocycles. The molecule has 2 N–H and O–H groups in total. The van der Waals surface area contributed by atoms with Crippen LogP contribution in [0.4, 0.5) is 11.4 Å². The standard InChI is InChI=1S/C16H19ClN2/c1-11-5-4-6-13(7-11)10-19(3)16-9-14(17)15(18)8-12(16)2/h4-9H,10,18H2,1-3H3. The van der Waals surface area contributed by atoms with Crippen molar-refractivity contribution in [1.29, 1.82) is 0 Å². The van der Waals surface area contributed by atoms with Gasteiger partial charge in [0, 0.05) is 19.3 Å². The highest BCUT2D eigenvalue weighted by Gasteiger charge is 2.08. The van der Waals surface area contributed by atoms with Gasteiger partial charge in [-0.15, -0.1) is 0 Å². The van der Waals surface area contributed by atoms with Crippen molar-refractivity contribution in [1.82, 2.24) is 0 Å². The highest BCUT2D eigenvalue weighted by Crippen LogP contribution is 2.29. The molecule has 0 aromatic heterocycles. The highest BCUT2D eigenvalue weighted by atomic mass is 35.5. The van der Waals surface area contributed by atoms with Crippen LogP contribution < -0.4 is 10.6 Å². The van der Waals surface area contributed by atoms with Crippen LogP contribution in [0, 0.1) is 13.8 Å². The number of aryl methyl sites for hydroxylation is 2. The van der Waals surface area contributed by atoms with Gasteiger partial charge in [-0.3, -0.25) is 0 Å². The Balaban J connectivity index is 2.25. The molecule has 0 bridgehead atoms. The molecule has 2 nitrogen and oxygen atoms in total. The van der Waals surface area contributed by atoms with Crippen LogP contribution in [-0.2, 0) is 6.54 Å². The summed E-state index contributed by atoms with van der Waals surface area (Å²) in [6, 6.07) is 12.4. The second kappa shape index (κ2) is 5.54. The summed E-state index contributed by atoms with van der Waals surface area (Å²) in [6.07, 6.45) is 0. The van der Waals surface area contributed by atoms with Gasteiger partial charge in [0.15, 0.2) is 0 Å². The van der Waals surface area contributed by atoms with Gasteiger partial charge in [-0.2, -0.15) is 0 Å². The highest BCUT2D eigenvalue weighted by molar-refractivity contribution is 6.33. The molecule has 2 aromatic rings. The predicted molar refractivity (Wildman–Crippen MR) is 83.9 cm³/mol. The lowest BCUT2D eigenvalue weighted by Crippen LogP contribution is -2.17. The molecule has 0 saturated heterocycles. The lowest BCUT2D eigenvalue weighted by molar-refractivity contribution is 0.916. The van der Waals surface area contributed by atoms with E-state index in [1.54, 1.807) is 0 Å². The van der Waals surface area contributed by atoms with Crippen molar-refractivity contribution in [3.8, 4) is 0 Å². The van der Waals surface area contributed by atoms with Crippen LogP contribution in [0.2, 0.25) is 5.02 Å². The van der Waals surface area contributed by atoms with E-state index in [9.17, 15) is 0 Å². The van der Waals surface area contributed by atoms with Gasteiger partial charge >= 0.3 is 0 Å². The van der Waals surface area contributed by atoms with Gasteiger partial charge in [0.05, 0.1) is 10.7 Å². The number of benzene rings is 2. The van der Waals surface area contributed by atoms with Gasteiger partial charge in [0.1, 0.15) is 0 Å². The zero-order chi connectivity index (χ0) is 14.0. The predicted octanol–water partition coefficient (Wildman–Crippen LogP) is 4.18. The second-order valence-corrected chi connectivity index (χ2v) is 5.41. The topological polar surface area (TPSA) is 29.3 Å². The van der Waals surface area contributed by atoms with E-state index in [4.69, 9.17) is 17.3 Å². The van der Waals surface area contributed by atoms with E-state index >= 15 is 0 Å². The molecule has 0 radical (unpaired) electrons. The Bertz CT molecular complexity index is 593. The normalized spacial score (nSPS) is 10.5. The van der Waals surface area contributed by atoms with Crippen LogP contribution >= 0.6 is 11.6 Å². The Morgan fingerprint density at radius 3 is 2.58 bits per heavy atom. The van der Waals surface area contributed by atoms with Crippen LogP contribution in [0.25, 0.3) is 0 Å². The minimum Gasteiger partial charge on any atom is -0.398 e. The third kappa shape index (κ3) is 3.21. The van der Waals surface area contributed by atoms with E-state index in [-0.39, 0.29) is 0 Å². The molecule has 2 aromatic carbocycles. The largest absolute Gasteiger partial charge is 0.398 e. The lowest BCUT2D eigenvalue weighted by atomic mass is 10.1. The van der Waals surface area contributed by atoms with E-state index < -0.39 is 0 Å². The summed E-state index contributed by atoms with van der Waals surface area (Å²) in [7, 11) is 2.07. The van der Waals surface area contributed by atoms with Crippen LogP contribution in [0.1, 0.15) is 16.7 Å². The number of nitrogens with zero attached hydrogens (tertiary/aromatic N) is 1. The molecule has 0 amide bonds. The molecule has 0 heterocycles. The maximum Gasteiger partial charge on any atom is 0.0656 e. The Morgan fingerprint density at radius 2 is 1.89 bits per heavy atom. The number of halogens is 1. The molecule has 0 aliphatic heterocycles. The van der Waals surface area contributed by atoms with E-state index in [1.165, 1.54) is 11.1 Å². The van der Waals surface area contributed by atoms with Crippen molar-refractivity contribution < 1.29 is 0 Å². The Hall–Kier alpha value is -1.67. The van der Waals surface area contributed by atoms with Crippen molar-refractivity contribution in [2.24, 2.45) is 0 Å². The number of rotatable bonds is 3. The second-order valence-electron chi connectivity index (χ2n) is 5.01. The van der Waals surface area contributed by atoms with Crippen LogP contribution in [0.15, 0.2) is 36.4 Å². The third-order valence-electron chi connectivity index (χ3n) is 3.23. The number of hydrogen-bond acceptors (Lipinski definition) is 2. The van der Waals surface area contributed by atoms with Crippen molar-refractivity contribution in [3.63, 3.8) is 0 Å². The fourth-order valence-corrected chi connectivity index (χ4v) is 2.43. The van der Waals surface area contributed by atoms with Gasteiger partial charge in [0.25, 0.3) is 0 Å². The fraction of sp³-hybridized carbons (Fsp3) is 0.250. The van der Waals surface area contributed by atoms with Crippen LogP contribution in [0.5, 0.6) is 0 Å². The monoisotopic (exact) mass is 274 g/mol. The van der Waals surface area contributed by atoms with Gasteiger partial charge in [-0.05, 0) is 37.1 Å². The molecule has 0 unspecified atom stereocenters. The summed E-state index contributed by atoms with van der Waals surface area (Å²) < 4.78 is 0. The summed E-state index contributed by atoms with van der Waals surface area (Å²) in [6.45, 7) is 5.01. The summed E-state index contributed by atoms with van der Waals surface area (Å²) in [5, 5.41) is 0.608. The van der Waals surface area contributed by atoms with Crippen molar-refractivity contribution in [2.45, 2.75) is 20.4 Å². The molecule has 0 spiro atoms. The van der Waals surface area contributed by atoms with Crippen molar-refractivity contribution >= 4 is 23.0 Å². The number of nitrogens with two attached hydrogens (primary N) is 1. The van der Waals surface area contributed by atoms with Crippen molar-refractivity contribution in [2.75, 3.05) is 17.7 Å². The zero-order valence-corrected chi connectivity index (χ0v) is 12.3. The third-order valence-corrected chi connectivity index (χ3v) is 3.56. The summed E-state index contributed by atoms with van der Waals surface area (Å²) >= 11 is 6.11. The summed E-state index contributed by atoms with van der Waals surface area (Å²) in [5.41, 5.74) is 11.3. The van der Waals surface area contributed by atoms with E-state index in [0.717, 1.165) is 17.8 Å². The van der Waals surface area contributed by atoms with E-state index in [0.29, 0.717) is 10.7 Å². The molecule has 3 heteroatoms. The van der Waals surface area contributed by atoms with Crippen LogP contribution in [-0.4, -0.2) is 7.05 Å². The molecular formula is C16H19ClN2.